The normalized spacial score (nSPS) is 16.1. The highest BCUT2D eigenvalue weighted by Crippen LogP contribution is 2.24. The van der Waals surface area contributed by atoms with Crippen molar-refractivity contribution in [2.45, 2.75) is 13.5 Å². The van der Waals surface area contributed by atoms with E-state index in [0.29, 0.717) is 18.3 Å². The van der Waals surface area contributed by atoms with Crippen LogP contribution in [0.5, 0.6) is 0 Å². The number of benzene rings is 1. The highest BCUT2D eigenvalue weighted by Gasteiger charge is 2.21. The van der Waals surface area contributed by atoms with E-state index in [2.05, 4.69) is 42.3 Å². The number of hydrogen-bond acceptors (Lipinski definition) is 7. The summed E-state index contributed by atoms with van der Waals surface area (Å²) in [4.78, 5) is 4.62. The Morgan fingerprint density at radius 2 is 1.87 bits per heavy atom. The third kappa shape index (κ3) is 2.87. The molecular formula is C16H18N6O. The van der Waals surface area contributed by atoms with E-state index in [4.69, 9.17) is 4.42 Å². The average Bonchev–Trinajstić information content (AvgIpc) is 3.00. The van der Waals surface area contributed by atoms with E-state index in [-0.39, 0.29) is 0 Å². The van der Waals surface area contributed by atoms with E-state index in [1.165, 1.54) is 0 Å². The topological polar surface area (TPSA) is 71.2 Å². The molecule has 1 fully saturated rings. The Balaban J connectivity index is 1.46. The fourth-order valence-corrected chi connectivity index (χ4v) is 2.96. The van der Waals surface area contributed by atoms with Gasteiger partial charge in [-0.2, -0.15) is 5.10 Å². The zero-order valence-corrected chi connectivity index (χ0v) is 13.0. The van der Waals surface area contributed by atoms with Crippen LogP contribution in [0.4, 0.5) is 5.82 Å². The summed E-state index contributed by atoms with van der Waals surface area (Å²) in [7, 11) is 0. The van der Waals surface area contributed by atoms with Crippen LogP contribution >= 0.6 is 0 Å². The Bertz CT molecular complexity index is 804. The molecule has 1 aliphatic heterocycles. The number of hydrogen-bond donors (Lipinski definition) is 0. The van der Waals surface area contributed by atoms with E-state index < -0.39 is 0 Å². The van der Waals surface area contributed by atoms with Crippen molar-refractivity contribution in [1.29, 1.82) is 0 Å². The van der Waals surface area contributed by atoms with Crippen molar-refractivity contribution in [1.82, 2.24) is 25.3 Å². The van der Waals surface area contributed by atoms with E-state index in [1.807, 2.05) is 25.3 Å². The van der Waals surface area contributed by atoms with Crippen LogP contribution in [0, 0.1) is 6.92 Å². The van der Waals surface area contributed by atoms with Gasteiger partial charge in [-0.3, -0.25) is 4.90 Å². The first-order valence-electron chi connectivity index (χ1n) is 7.76. The fraction of sp³-hybridized carbons (Fsp3) is 0.375. The van der Waals surface area contributed by atoms with Crippen molar-refractivity contribution in [3.63, 3.8) is 0 Å². The summed E-state index contributed by atoms with van der Waals surface area (Å²) in [5.74, 6) is 2.27. The first-order chi connectivity index (χ1) is 11.3. The minimum absolute atomic E-state index is 0.615. The quantitative estimate of drug-likeness (QED) is 0.728. The second-order valence-corrected chi connectivity index (χ2v) is 5.73. The Labute approximate surface area is 133 Å². The molecule has 0 amide bonds. The highest BCUT2D eigenvalue weighted by molar-refractivity contribution is 5.91. The summed E-state index contributed by atoms with van der Waals surface area (Å²) < 4.78 is 5.46. The lowest BCUT2D eigenvalue weighted by Crippen LogP contribution is -2.46. The van der Waals surface area contributed by atoms with Gasteiger partial charge in [-0.05, 0) is 0 Å². The van der Waals surface area contributed by atoms with Crippen molar-refractivity contribution in [3.05, 3.63) is 42.2 Å². The average molecular weight is 310 g/mol. The molecule has 0 bridgehead atoms. The van der Waals surface area contributed by atoms with Gasteiger partial charge in [0.1, 0.15) is 0 Å². The number of nitrogens with zero attached hydrogens (tertiary/aromatic N) is 6. The number of aromatic nitrogens is 4. The summed E-state index contributed by atoms with van der Waals surface area (Å²) in [5, 5.41) is 18.7. The lowest BCUT2D eigenvalue weighted by atomic mass is 10.1. The van der Waals surface area contributed by atoms with Gasteiger partial charge in [0.2, 0.25) is 11.8 Å². The summed E-state index contributed by atoms with van der Waals surface area (Å²) in [6.07, 6.45) is 1.81. The number of fused-ring (bicyclic) bond motifs is 1. The van der Waals surface area contributed by atoms with Crippen molar-refractivity contribution >= 4 is 16.6 Å². The predicted molar refractivity (Wildman–Crippen MR) is 86.1 cm³/mol. The Morgan fingerprint density at radius 3 is 2.65 bits per heavy atom. The molecule has 0 aliphatic carbocycles. The lowest BCUT2D eigenvalue weighted by Gasteiger charge is -2.34. The maximum Gasteiger partial charge on any atom is 0.230 e. The van der Waals surface area contributed by atoms with Crippen LogP contribution < -0.4 is 4.90 Å². The first-order valence-corrected chi connectivity index (χ1v) is 7.76. The molecule has 0 radical (unpaired) electrons. The third-order valence-corrected chi connectivity index (χ3v) is 4.15. The number of piperazine rings is 1. The largest absolute Gasteiger partial charge is 0.424 e. The van der Waals surface area contributed by atoms with E-state index in [0.717, 1.165) is 42.8 Å². The minimum Gasteiger partial charge on any atom is -0.424 e. The summed E-state index contributed by atoms with van der Waals surface area (Å²) in [6, 6.07) is 8.24. The van der Waals surface area contributed by atoms with Gasteiger partial charge in [-0.15, -0.1) is 15.3 Å². The summed E-state index contributed by atoms with van der Waals surface area (Å²) in [6.45, 7) is 6.22. The zero-order chi connectivity index (χ0) is 15.6. The third-order valence-electron chi connectivity index (χ3n) is 4.15. The molecule has 1 aliphatic rings. The molecule has 118 valence electrons. The first kappa shape index (κ1) is 14.1. The van der Waals surface area contributed by atoms with E-state index >= 15 is 0 Å². The van der Waals surface area contributed by atoms with Crippen LogP contribution in [-0.2, 0) is 6.54 Å². The molecule has 23 heavy (non-hydrogen) atoms. The molecule has 0 N–H and O–H groups in total. The van der Waals surface area contributed by atoms with Crippen LogP contribution in [0.1, 0.15) is 11.8 Å². The Hall–Kier alpha value is -2.54. The van der Waals surface area contributed by atoms with Crippen LogP contribution in [0.3, 0.4) is 0 Å². The molecule has 2 aromatic heterocycles. The van der Waals surface area contributed by atoms with Gasteiger partial charge < -0.3 is 9.32 Å². The summed E-state index contributed by atoms with van der Waals surface area (Å²) in [5.41, 5.74) is 0. The van der Waals surface area contributed by atoms with Crippen LogP contribution in [0.25, 0.3) is 10.8 Å². The molecule has 4 rings (SSSR count). The molecule has 0 spiro atoms. The second-order valence-electron chi connectivity index (χ2n) is 5.73. The zero-order valence-electron chi connectivity index (χ0n) is 13.0. The SMILES string of the molecule is Cc1nnc(CN2CCN(c3nncc4ccccc34)CC2)o1. The maximum absolute atomic E-state index is 5.46. The fourth-order valence-electron chi connectivity index (χ4n) is 2.96. The molecule has 0 atom stereocenters. The van der Waals surface area contributed by atoms with Crippen molar-refractivity contribution in [3.8, 4) is 0 Å². The molecular weight excluding hydrogens is 292 g/mol. The number of rotatable bonds is 3. The summed E-state index contributed by atoms with van der Waals surface area (Å²) >= 11 is 0. The van der Waals surface area contributed by atoms with Crippen LogP contribution in [0.15, 0.2) is 34.9 Å². The van der Waals surface area contributed by atoms with Gasteiger partial charge in [0.25, 0.3) is 0 Å². The lowest BCUT2D eigenvalue weighted by molar-refractivity contribution is 0.224. The molecule has 0 saturated carbocycles. The predicted octanol–water partition coefficient (Wildman–Crippen LogP) is 1.64. The molecule has 0 unspecified atom stereocenters. The molecule has 3 heterocycles. The van der Waals surface area contributed by atoms with Gasteiger partial charge >= 0.3 is 0 Å². The highest BCUT2D eigenvalue weighted by atomic mass is 16.4. The molecule has 3 aromatic rings. The van der Waals surface area contributed by atoms with Gasteiger partial charge in [-0.1, -0.05) is 24.3 Å². The van der Waals surface area contributed by atoms with Gasteiger partial charge in [0.05, 0.1) is 12.7 Å². The molecule has 7 heteroatoms. The van der Waals surface area contributed by atoms with Crippen LogP contribution in [-0.4, -0.2) is 51.5 Å². The van der Waals surface area contributed by atoms with E-state index in [1.54, 1.807) is 0 Å². The standard InChI is InChI=1S/C16H18N6O/c1-12-18-19-15(23-12)11-21-6-8-22(9-7-21)16-14-5-3-2-4-13(14)10-17-20-16/h2-5,10H,6-9,11H2,1H3. The van der Waals surface area contributed by atoms with Gasteiger partial charge in [-0.25, -0.2) is 0 Å². The monoisotopic (exact) mass is 310 g/mol. The van der Waals surface area contributed by atoms with Gasteiger partial charge in [0.15, 0.2) is 5.82 Å². The van der Waals surface area contributed by atoms with Crippen LogP contribution in [0.2, 0.25) is 0 Å². The van der Waals surface area contributed by atoms with Crippen molar-refractivity contribution < 1.29 is 4.42 Å². The number of aryl methyl sites for hydroxylation is 1. The maximum atomic E-state index is 5.46. The Kier molecular flexibility index (Phi) is 3.63. The molecule has 1 aromatic carbocycles. The minimum atomic E-state index is 0.615. The number of anilines is 1. The van der Waals surface area contributed by atoms with Crippen molar-refractivity contribution in [2.24, 2.45) is 0 Å². The Morgan fingerprint density at radius 1 is 1.04 bits per heavy atom. The van der Waals surface area contributed by atoms with E-state index in [9.17, 15) is 0 Å². The van der Waals surface area contributed by atoms with Crippen molar-refractivity contribution in [2.75, 3.05) is 31.1 Å². The van der Waals surface area contributed by atoms with Gasteiger partial charge in [0, 0.05) is 43.9 Å². The smallest absolute Gasteiger partial charge is 0.230 e. The molecule has 1 saturated heterocycles. The second kappa shape index (κ2) is 5.92. The molecule has 7 nitrogen and oxygen atoms in total.